The summed E-state index contributed by atoms with van der Waals surface area (Å²) in [6.45, 7) is 2.49. The Labute approximate surface area is 71.9 Å². The van der Waals surface area contributed by atoms with Crippen LogP contribution in [0.5, 0.6) is 5.75 Å². The van der Waals surface area contributed by atoms with Crippen LogP contribution in [0.3, 0.4) is 0 Å². The molecule has 0 bridgehead atoms. The van der Waals surface area contributed by atoms with Gasteiger partial charge in [0.1, 0.15) is 5.75 Å². The van der Waals surface area contributed by atoms with Gasteiger partial charge in [0.05, 0.1) is 6.61 Å². The Kier molecular flexibility index (Phi) is 3.20. The lowest BCUT2D eigenvalue weighted by Gasteiger charge is -1.99. The largest absolute Gasteiger partial charge is 0.546 e. The molecule has 0 amide bonds. The highest BCUT2D eigenvalue weighted by atomic mass is 31.1. The van der Waals surface area contributed by atoms with Gasteiger partial charge in [-0.05, 0) is 35.8 Å². The Morgan fingerprint density at radius 1 is 1.42 bits per heavy atom. The summed E-state index contributed by atoms with van der Waals surface area (Å²) in [5.41, 5.74) is 0. The standard InChI is InChI=1S/C8H9O3P/c1-2-11-7-3-5-8(6-4-7)12(9)10/h3-6H,2H2,1H3/p+1. The molecule has 0 aliphatic heterocycles. The van der Waals surface area contributed by atoms with Crippen molar-refractivity contribution >= 4 is 13.3 Å². The fourth-order valence-electron chi connectivity index (χ4n) is 0.837. The molecule has 1 rings (SSSR count). The van der Waals surface area contributed by atoms with Crippen molar-refractivity contribution in [3.05, 3.63) is 24.3 Å². The minimum atomic E-state index is -2.22. The monoisotopic (exact) mass is 185 g/mol. The van der Waals surface area contributed by atoms with Gasteiger partial charge in [-0.15, -0.1) is 0 Å². The van der Waals surface area contributed by atoms with Crippen molar-refractivity contribution in [1.82, 2.24) is 0 Å². The van der Waals surface area contributed by atoms with Crippen LogP contribution < -0.4 is 10.0 Å². The second-order valence-corrected chi connectivity index (χ2v) is 3.26. The minimum Gasteiger partial charge on any atom is -0.494 e. The summed E-state index contributed by atoms with van der Waals surface area (Å²) in [4.78, 5) is 8.71. The molecule has 1 N–H and O–H groups in total. The first-order valence-corrected chi connectivity index (χ1v) is 4.84. The number of hydrogen-bond acceptors (Lipinski definition) is 2. The van der Waals surface area contributed by atoms with Crippen molar-refractivity contribution in [2.45, 2.75) is 6.92 Å². The highest BCUT2D eigenvalue weighted by Crippen LogP contribution is 2.15. The highest BCUT2D eigenvalue weighted by molar-refractivity contribution is 7.47. The van der Waals surface area contributed by atoms with E-state index in [4.69, 9.17) is 9.63 Å². The lowest BCUT2D eigenvalue weighted by molar-refractivity contribution is 0.340. The fraction of sp³-hybridized carbons (Fsp3) is 0.250. The van der Waals surface area contributed by atoms with E-state index in [0.717, 1.165) is 5.75 Å². The molecule has 0 radical (unpaired) electrons. The normalized spacial score (nSPS) is 11.0. The van der Waals surface area contributed by atoms with E-state index in [1.807, 2.05) is 6.92 Å². The molecule has 0 fully saturated rings. The van der Waals surface area contributed by atoms with Crippen LogP contribution in [-0.4, -0.2) is 11.5 Å². The van der Waals surface area contributed by atoms with Crippen LogP contribution in [0.4, 0.5) is 0 Å². The Hall–Kier alpha value is -0.920. The van der Waals surface area contributed by atoms with E-state index < -0.39 is 8.03 Å². The average molecular weight is 185 g/mol. The third kappa shape index (κ3) is 2.29. The zero-order chi connectivity index (χ0) is 8.97. The van der Waals surface area contributed by atoms with Gasteiger partial charge in [-0.2, -0.15) is 4.89 Å². The molecule has 0 heterocycles. The first-order chi connectivity index (χ1) is 5.74. The molecule has 1 unspecified atom stereocenters. The van der Waals surface area contributed by atoms with Crippen LogP contribution in [0.15, 0.2) is 24.3 Å². The lowest BCUT2D eigenvalue weighted by atomic mass is 10.3. The van der Waals surface area contributed by atoms with Crippen molar-refractivity contribution in [1.29, 1.82) is 0 Å². The third-order valence-corrected chi connectivity index (χ3v) is 2.11. The van der Waals surface area contributed by atoms with E-state index in [1.54, 1.807) is 24.3 Å². The molecule has 0 aliphatic rings. The van der Waals surface area contributed by atoms with Gasteiger partial charge in [0.25, 0.3) is 0 Å². The number of rotatable bonds is 3. The van der Waals surface area contributed by atoms with E-state index in [2.05, 4.69) is 0 Å². The van der Waals surface area contributed by atoms with E-state index in [9.17, 15) is 4.57 Å². The van der Waals surface area contributed by atoms with Crippen LogP contribution in [0.2, 0.25) is 0 Å². The fourth-order valence-corrected chi connectivity index (χ4v) is 1.24. The summed E-state index contributed by atoms with van der Waals surface area (Å²) >= 11 is 0. The maximum atomic E-state index is 10.6. The Bertz CT molecular complexity index is 268. The van der Waals surface area contributed by atoms with Gasteiger partial charge in [0, 0.05) is 0 Å². The molecule has 0 saturated carbocycles. The zero-order valence-corrected chi connectivity index (χ0v) is 7.62. The number of hydrogen-bond donors (Lipinski definition) is 1. The van der Waals surface area contributed by atoms with Crippen LogP contribution in [0.25, 0.3) is 0 Å². The van der Waals surface area contributed by atoms with Crippen LogP contribution in [0, 0.1) is 0 Å². The maximum absolute atomic E-state index is 10.6. The topological polar surface area (TPSA) is 46.5 Å². The predicted octanol–water partition coefficient (Wildman–Crippen LogP) is 1.45. The summed E-state index contributed by atoms with van der Waals surface area (Å²) < 4.78 is 15.7. The smallest absolute Gasteiger partial charge is 0.494 e. The molecule has 0 spiro atoms. The van der Waals surface area contributed by atoms with Gasteiger partial charge < -0.3 is 4.74 Å². The van der Waals surface area contributed by atoms with Crippen LogP contribution in [0.1, 0.15) is 6.92 Å². The molecule has 1 aromatic carbocycles. The summed E-state index contributed by atoms with van der Waals surface area (Å²) in [5.74, 6) is 0.720. The van der Waals surface area contributed by atoms with Crippen LogP contribution in [-0.2, 0) is 4.57 Å². The molecule has 3 nitrogen and oxygen atoms in total. The van der Waals surface area contributed by atoms with Crippen molar-refractivity contribution in [3.63, 3.8) is 0 Å². The maximum Gasteiger partial charge on any atom is 0.546 e. The summed E-state index contributed by atoms with van der Waals surface area (Å²) in [7, 11) is -2.22. The SMILES string of the molecule is CCOc1ccc([P+](=O)O)cc1. The molecular formula is C8H10O3P+. The van der Waals surface area contributed by atoms with Gasteiger partial charge in [-0.25, -0.2) is 0 Å². The van der Waals surface area contributed by atoms with Crippen molar-refractivity contribution in [2.75, 3.05) is 6.61 Å². The second kappa shape index (κ2) is 4.19. The molecule has 64 valence electrons. The van der Waals surface area contributed by atoms with Gasteiger partial charge in [-0.1, -0.05) is 0 Å². The zero-order valence-electron chi connectivity index (χ0n) is 6.73. The van der Waals surface area contributed by atoms with E-state index in [0.29, 0.717) is 11.9 Å². The van der Waals surface area contributed by atoms with Crippen LogP contribution >= 0.6 is 8.03 Å². The molecule has 0 aliphatic carbocycles. The van der Waals surface area contributed by atoms with E-state index >= 15 is 0 Å². The summed E-state index contributed by atoms with van der Waals surface area (Å²) in [5, 5.41) is 0.424. The van der Waals surface area contributed by atoms with Gasteiger partial charge >= 0.3 is 8.03 Å². The number of ether oxygens (including phenoxy) is 1. The first kappa shape index (κ1) is 9.17. The molecule has 4 heteroatoms. The second-order valence-electron chi connectivity index (χ2n) is 2.20. The predicted molar refractivity (Wildman–Crippen MR) is 47.1 cm³/mol. The Morgan fingerprint density at radius 2 is 2.00 bits per heavy atom. The molecular weight excluding hydrogens is 175 g/mol. The Morgan fingerprint density at radius 3 is 2.42 bits per heavy atom. The molecule has 1 atom stereocenters. The summed E-state index contributed by atoms with van der Waals surface area (Å²) in [6.07, 6.45) is 0. The average Bonchev–Trinajstić information content (AvgIpc) is 2.06. The van der Waals surface area contributed by atoms with Gasteiger partial charge in [-0.3, -0.25) is 0 Å². The molecule has 12 heavy (non-hydrogen) atoms. The number of benzene rings is 1. The van der Waals surface area contributed by atoms with E-state index in [1.165, 1.54) is 0 Å². The minimum absolute atomic E-state index is 0.424. The molecule has 0 saturated heterocycles. The Balaban J connectivity index is 2.78. The van der Waals surface area contributed by atoms with Gasteiger partial charge in [0.15, 0.2) is 0 Å². The van der Waals surface area contributed by atoms with Crippen molar-refractivity contribution in [2.24, 2.45) is 0 Å². The van der Waals surface area contributed by atoms with E-state index in [-0.39, 0.29) is 0 Å². The lowest BCUT2D eigenvalue weighted by Crippen LogP contribution is -1.96. The van der Waals surface area contributed by atoms with Crippen molar-refractivity contribution in [3.8, 4) is 5.75 Å². The highest BCUT2D eigenvalue weighted by Gasteiger charge is 2.14. The molecule has 1 aromatic rings. The quantitative estimate of drug-likeness (QED) is 0.725. The van der Waals surface area contributed by atoms with Crippen molar-refractivity contribution < 1.29 is 14.2 Å². The third-order valence-electron chi connectivity index (χ3n) is 1.37. The summed E-state index contributed by atoms with van der Waals surface area (Å²) in [6, 6.07) is 6.54. The molecule has 0 aromatic heterocycles. The van der Waals surface area contributed by atoms with Gasteiger partial charge in [0.2, 0.25) is 5.30 Å². The first-order valence-electron chi connectivity index (χ1n) is 3.63.